The first-order valence-corrected chi connectivity index (χ1v) is 10.5. The Morgan fingerprint density at radius 1 is 1.10 bits per heavy atom. The highest BCUT2D eigenvalue weighted by molar-refractivity contribution is 7.21. The first kappa shape index (κ1) is 19.2. The molecule has 0 aliphatic carbocycles. The molecule has 2 aromatic heterocycles. The van der Waals surface area contributed by atoms with E-state index in [-0.39, 0.29) is 12.3 Å². The standard InChI is InChI=1S/C23H22N2O3S/c1-2-7-17-16-9-4-6-11-20(16)29-21(17)22(26)25-19(23(27)28)12-14-13-24-18-10-5-3-8-15(14)18/h3-6,8-11,13,19,24H,2,7,12H2,1H3,(H,25,26)(H,27,28). The van der Waals surface area contributed by atoms with Gasteiger partial charge in [0.15, 0.2) is 0 Å². The van der Waals surface area contributed by atoms with Gasteiger partial charge in [-0.05, 0) is 35.1 Å². The van der Waals surface area contributed by atoms with Gasteiger partial charge in [-0.3, -0.25) is 4.79 Å². The number of amides is 1. The summed E-state index contributed by atoms with van der Waals surface area (Å²) < 4.78 is 1.05. The van der Waals surface area contributed by atoms with Gasteiger partial charge in [-0.25, -0.2) is 4.79 Å². The molecular formula is C23H22N2O3S. The van der Waals surface area contributed by atoms with Crippen LogP contribution in [0.25, 0.3) is 21.0 Å². The smallest absolute Gasteiger partial charge is 0.326 e. The summed E-state index contributed by atoms with van der Waals surface area (Å²) in [6, 6.07) is 14.7. The summed E-state index contributed by atoms with van der Waals surface area (Å²) in [5, 5.41) is 14.5. The van der Waals surface area contributed by atoms with Crippen LogP contribution in [0.15, 0.2) is 54.7 Å². The number of hydrogen-bond donors (Lipinski definition) is 3. The Hall–Kier alpha value is -3.12. The summed E-state index contributed by atoms with van der Waals surface area (Å²) in [5.74, 6) is -1.36. The highest BCUT2D eigenvalue weighted by Crippen LogP contribution is 2.32. The van der Waals surface area contributed by atoms with Crippen molar-refractivity contribution in [1.29, 1.82) is 0 Å². The van der Waals surface area contributed by atoms with Crippen molar-refractivity contribution in [3.8, 4) is 0 Å². The quantitative estimate of drug-likeness (QED) is 0.414. The number of fused-ring (bicyclic) bond motifs is 2. The highest BCUT2D eigenvalue weighted by Gasteiger charge is 2.25. The van der Waals surface area contributed by atoms with Crippen molar-refractivity contribution >= 4 is 44.2 Å². The van der Waals surface area contributed by atoms with Gasteiger partial charge in [0.1, 0.15) is 6.04 Å². The van der Waals surface area contributed by atoms with Crippen molar-refractivity contribution in [1.82, 2.24) is 10.3 Å². The summed E-state index contributed by atoms with van der Waals surface area (Å²) in [4.78, 5) is 28.7. The van der Waals surface area contributed by atoms with Crippen LogP contribution in [-0.4, -0.2) is 28.0 Å². The number of aromatic nitrogens is 1. The molecule has 148 valence electrons. The number of rotatable bonds is 7. The molecule has 1 atom stereocenters. The summed E-state index contributed by atoms with van der Waals surface area (Å²) in [6.45, 7) is 2.07. The van der Waals surface area contributed by atoms with Crippen LogP contribution in [-0.2, 0) is 17.6 Å². The normalized spacial score (nSPS) is 12.3. The van der Waals surface area contributed by atoms with Crippen LogP contribution in [0.5, 0.6) is 0 Å². The van der Waals surface area contributed by atoms with Gasteiger partial charge >= 0.3 is 5.97 Å². The second-order valence-electron chi connectivity index (χ2n) is 7.08. The minimum absolute atomic E-state index is 0.221. The average molecular weight is 407 g/mol. The predicted molar refractivity (Wildman–Crippen MR) is 117 cm³/mol. The number of para-hydroxylation sites is 1. The monoisotopic (exact) mass is 406 g/mol. The third kappa shape index (κ3) is 3.76. The number of aryl methyl sites for hydroxylation is 1. The Kier molecular flexibility index (Phi) is 5.36. The van der Waals surface area contributed by atoms with Crippen molar-refractivity contribution in [2.24, 2.45) is 0 Å². The van der Waals surface area contributed by atoms with Gasteiger partial charge in [0.05, 0.1) is 4.88 Å². The number of nitrogens with one attached hydrogen (secondary N) is 2. The van der Waals surface area contributed by atoms with E-state index < -0.39 is 12.0 Å². The topological polar surface area (TPSA) is 82.2 Å². The molecule has 1 amide bonds. The number of carboxylic acid groups (broad SMARTS) is 1. The summed E-state index contributed by atoms with van der Waals surface area (Å²) in [5.41, 5.74) is 2.83. The van der Waals surface area contributed by atoms with Crippen molar-refractivity contribution in [2.75, 3.05) is 0 Å². The Morgan fingerprint density at radius 2 is 1.83 bits per heavy atom. The van der Waals surface area contributed by atoms with Crippen LogP contribution in [0, 0.1) is 0 Å². The zero-order valence-corrected chi connectivity index (χ0v) is 16.9. The van der Waals surface area contributed by atoms with Crippen LogP contribution in [0.3, 0.4) is 0 Å². The van der Waals surface area contributed by atoms with Crippen molar-refractivity contribution in [3.05, 3.63) is 70.7 Å². The van der Waals surface area contributed by atoms with Gasteiger partial charge in [0.2, 0.25) is 0 Å². The first-order valence-electron chi connectivity index (χ1n) is 9.67. The number of benzene rings is 2. The molecule has 2 aromatic carbocycles. The molecule has 0 saturated carbocycles. The van der Waals surface area contributed by atoms with Gasteiger partial charge in [0, 0.05) is 28.2 Å². The lowest BCUT2D eigenvalue weighted by Crippen LogP contribution is -2.42. The Labute approximate surface area is 172 Å². The summed E-state index contributed by atoms with van der Waals surface area (Å²) >= 11 is 1.43. The number of carbonyl (C=O) groups is 2. The van der Waals surface area contributed by atoms with Crippen LogP contribution >= 0.6 is 11.3 Å². The molecule has 0 fully saturated rings. The van der Waals surface area contributed by atoms with Crippen LogP contribution < -0.4 is 5.32 Å². The van der Waals surface area contributed by atoms with Gasteiger partial charge in [-0.1, -0.05) is 49.7 Å². The maximum absolute atomic E-state index is 13.0. The minimum Gasteiger partial charge on any atom is -0.480 e. The van der Waals surface area contributed by atoms with Gasteiger partial charge in [-0.15, -0.1) is 11.3 Å². The third-order valence-electron chi connectivity index (χ3n) is 5.11. The molecule has 6 heteroatoms. The molecule has 29 heavy (non-hydrogen) atoms. The largest absolute Gasteiger partial charge is 0.480 e. The van der Waals surface area contributed by atoms with Crippen LogP contribution in [0.4, 0.5) is 0 Å². The second kappa shape index (κ2) is 8.09. The molecule has 5 nitrogen and oxygen atoms in total. The fourth-order valence-electron chi connectivity index (χ4n) is 3.72. The number of hydrogen-bond acceptors (Lipinski definition) is 3. The fourth-order valence-corrected chi connectivity index (χ4v) is 4.88. The number of aromatic amines is 1. The van der Waals surface area contributed by atoms with Crippen molar-refractivity contribution in [2.45, 2.75) is 32.2 Å². The van der Waals surface area contributed by atoms with E-state index in [4.69, 9.17) is 0 Å². The van der Waals surface area contributed by atoms with Crippen molar-refractivity contribution in [3.63, 3.8) is 0 Å². The van der Waals surface area contributed by atoms with Crippen LogP contribution in [0.2, 0.25) is 0 Å². The molecule has 0 saturated heterocycles. The maximum atomic E-state index is 13.0. The number of thiophene rings is 1. The SMILES string of the molecule is CCCc1c(C(=O)NC(Cc2c[nH]c3ccccc23)C(=O)O)sc2ccccc12. The maximum Gasteiger partial charge on any atom is 0.326 e. The van der Waals surface area contributed by atoms with E-state index in [9.17, 15) is 14.7 Å². The lowest BCUT2D eigenvalue weighted by Gasteiger charge is -2.14. The zero-order valence-electron chi connectivity index (χ0n) is 16.1. The molecule has 1 unspecified atom stereocenters. The lowest BCUT2D eigenvalue weighted by molar-refractivity contribution is -0.139. The Morgan fingerprint density at radius 3 is 2.59 bits per heavy atom. The number of aliphatic carboxylic acids is 1. The lowest BCUT2D eigenvalue weighted by atomic mass is 10.0. The van der Waals surface area contributed by atoms with Crippen molar-refractivity contribution < 1.29 is 14.7 Å². The molecule has 3 N–H and O–H groups in total. The third-order valence-corrected chi connectivity index (χ3v) is 6.32. The van der Waals surface area contributed by atoms with E-state index in [0.717, 1.165) is 45.0 Å². The number of carbonyl (C=O) groups excluding carboxylic acids is 1. The van der Waals surface area contributed by atoms with E-state index >= 15 is 0 Å². The van der Waals surface area contributed by atoms with Crippen LogP contribution in [0.1, 0.15) is 34.1 Å². The number of H-pyrrole nitrogens is 1. The Balaban J connectivity index is 1.62. The molecule has 4 aromatic rings. The first-order chi connectivity index (χ1) is 14.1. The molecule has 2 heterocycles. The summed E-state index contributed by atoms with van der Waals surface area (Å²) in [7, 11) is 0. The Bertz CT molecular complexity index is 1190. The van der Waals surface area contributed by atoms with Gasteiger partial charge in [0.25, 0.3) is 5.91 Å². The van der Waals surface area contributed by atoms with E-state index in [0.29, 0.717) is 4.88 Å². The molecule has 0 spiro atoms. The fraction of sp³-hybridized carbons (Fsp3) is 0.217. The molecule has 0 aliphatic rings. The molecular weight excluding hydrogens is 384 g/mol. The molecule has 4 rings (SSSR count). The highest BCUT2D eigenvalue weighted by atomic mass is 32.1. The van der Waals surface area contributed by atoms with E-state index in [1.165, 1.54) is 11.3 Å². The minimum atomic E-state index is -1.04. The van der Waals surface area contributed by atoms with Gasteiger partial charge < -0.3 is 15.4 Å². The van der Waals surface area contributed by atoms with E-state index in [2.05, 4.69) is 17.2 Å². The molecule has 0 aliphatic heterocycles. The van der Waals surface area contributed by atoms with Gasteiger partial charge in [-0.2, -0.15) is 0 Å². The second-order valence-corrected chi connectivity index (χ2v) is 8.14. The van der Waals surface area contributed by atoms with E-state index in [1.807, 2.05) is 54.7 Å². The summed E-state index contributed by atoms with van der Waals surface area (Å²) in [6.07, 6.45) is 3.74. The molecule has 0 bridgehead atoms. The predicted octanol–water partition coefficient (Wildman–Crippen LogP) is 4.76. The number of carboxylic acids is 1. The van der Waals surface area contributed by atoms with E-state index in [1.54, 1.807) is 0 Å². The average Bonchev–Trinajstić information content (AvgIpc) is 3.30. The molecule has 0 radical (unpaired) electrons. The zero-order chi connectivity index (χ0) is 20.4.